The van der Waals surface area contributed by atoms with Crippen molar-refractivity contribution in [2.75, 3.05) is 0 Å². The summed E-state index contributed by atoms with van der Waals surface area (Å²) in [5.74, 6) is 0.820. The lowest BCUT2D eigenvalue weighted by atomic mass is 10.0. The summed E-state index contributed by atoms with van der Waals surface area (Å²) >= 11 is 1.15. The van der Waals surface area contributed by atoms with E-state index in [2.05, 4.69) is 10.1 Å². The number of para-hydroxylation sites is 1. The molecule has 0 saturated heterocycles. The monoisotopic (exact) mass is 415 g/mol. The Kier molecular flexibility index (Phi) is 4.52. The Labute approximate surface area is 175 Å². The lowest BCUT2D eigenvalue weighted by Crippen LogP contribution is -2.29. The first kappa shape index (κ1) is 18.4. The van der Waals surface area contributed by atoms with Gasteiger partial charge in [-0.25, -0.2) is 0 Å². The maximum Gasteiger partial charge on any atom is 0.296 e. The Morgan fingerprint density at radius 2 is 1.87 bits per heavy atom. The molecule has 0 fully saturated rings. The van der Waals surface area contributed by atoms with E-state index in [1.165, 1.54) is 4.52 Å². The summed E-state index contributed by atoms with van der Waals surface area (Å²) in [6.45, 7) is 1.94. The molecule has 148 valence electrons. The first-order valence-corrected chi connectivity index (χ1v) is 10.4. The normalized spacial score (nSPS) is 16.2. The maximum absolute atomic E-state index is 12.9. The molecule has 3 heterocycles. The second-order valence-electron chi connectivity index (χ2n) is 7.08. The van der Waals surface area contributed by atoms with Crippen molar-refractivity contribution in [1.29, 1.82) is 0 Å². The number of fused-ring (bicyclic) bond motifs is 2. The second kappa shape index (κ2) is 7.35. The van der Waals surface area contributed by atoms with E-state index < -0.39 is 5.56 Å². The van der Waals surface area contributed by atoms with Gasteiger partial charge in [0.2, 0.25) is 4.96 Å². The molecular weight excluding hydrogens is 398 g/mol. The van der Waals surface area contributed by atoms with Crippen LogP contribution >= 0.6 is 11.3 Å². The van der Waals surface area contributed by atoms with Gasteiger partial charge < -0.3 is 4.74 Å². The van der Waals surface area contributed by atoms with Gasteiger partial charge in [-0.1, -0.05) is 59.9 Å². The minimum absolute atomic E-state index is 0.195. The number of hydrogen-bond acceptors (Lipinski definition) is 6. The van der Waals surface area contributed by atoms with Gasteiger partial charge in [-0.3, -0.25) is 9.59 Å². The molecule has 0 bridgehead atoms. The molecule has 6 nitrogen and oxygen atoms in total. The van der Waals surface area contributed by atoms with Gasteiger partial charge in [-0.2, -0.15) is 14.6 Å². The van der Waals surface area contributed by atoms with Crippen molar-refractivity contribution in [2.45, 2.75) is 19.4 Å². The van der Waals surface area contributed by atoms with Crippen LogP contribution in [0.25, 0.3) is 17.1 Å². The Morgan fingerprint density at radius 1 is 1.10 bits per heavy atom. The van der Waals surface area contributed by atoms with Crippen molar-refractivity contribution in [3.05, 3.63) is 102 Å². The zero-order valence-corrected chi connectivity index (χ0v) is 16.9. The highest BCUT2D eigenvalue weighted by molar-refractivity contribution is 7.15. The third-order valence-electron chi connectivity index (χ3n) is 4.98. The van der Waals surface area contributed by atoms with Crippen LogP contribution in [0.1, 0.15) is 23.7 Å². The first-order valence-electron chi connectivity index (χ1n) is 9.54. The van der Waals surface area contributed by atoms with Crippen LogP contribution < -0.4 is 20.4 Å². The summed E-state index contributed by atoms with van der Waals surface area (Å²) in [5, 5.41) is 4.31. The molecule has 7 heteroatoms. The average Bonchev–Trinajstić information content (AvgIpc) is 3.04. The molecule has 30 heavy (non-hydrogen) atoms. The van der Waals surface area contributed by atoms with Crippen LogP contribution in [-0.2, 0) is 6.42 Å². The molecule has 0 aliphatic carbocycles. The van der Waals surface area contributed by atoms with Crippen molar-refractivity contribution in [2.24, 2.45) is 0 Å². The average molecular weight is 415 g/mol. The predicted octanol–water partition coefficient (Wildman–Crippen LogP) is 2.47. The number of ether oxygens (including phenoxy) is 1. The molecule has 0 amide bonds. The number of nitrogens with zero attached hydrogens (tertiary/aromatic N) is 3. The molecule has 1 aliphatic rings. The van der Waals surface area contributed by atoms with Crippen LogP contribution in [0.2, 0.25) is 0 Å². The number of rotatable bonds is 3. The summed E-state index contributed by atoms with van der Waals surface area (Å²) in [7, 11) is 0. The highest BCUT2D eigenvalue weighted by atomic mass is 32.1. The SMILES string of the molecule is C[C@@H]1Oc2ccccc2C=C1/C=c1/sc2nc(=O)c(Cc3ccccc3)nn2c1=O. The summed E-state index contributed by atoms with van der Waals surface area (Å²) in [5.41, 5.74) is 2.34. The number of hydrogen-bond donors (Lipinski definition) is 0. The molecule has 0 N–H and O–H groups in total. The van der Waals surface area contributed by atoms with Gasteiger partial charge in [0.25, 0.3) is 11.1 Å². The summed E-state index contributed by atoms with van der Waals surface area (Å²) < 4.78 is 7.64. The van der Waals surface area contributed by atoms with Gasteiger partial charge in [0.05, 0.1) is 4.53 Å². The van der Waals surface area contributed by atoms with Gasteiger partial charge in [-0.05, 0) is 36.3 Å². The highest BCUT2D eigenvalue weighted by Crippen LogP contribution is 2.29. The lowest BCUT2D eigenvalue weighted by Gasteiger charge is -2.22. The van der Waals surface area contributed by atoms with Crippen molar-refractivity contribution >= 4 is 28.4 Å². The largest absolute Gasteiger partial charge is 0.485 e. The van der Waals surface area contributed by atoms with E-state index in [1.54, 1.807) is 6.08 Å². The summed E-state index contributed by atoms with van der Waals surface area (Å²) in [4.78, 5) is 29.7. The Balaban J connectivity index is 1.60. The second-order valence-corrected chi connectivity index (χ2v) is 8.09. The number of thiazole rings is 1. The van der Waals surface area contributed by atoms with E-state index in [0.29, 0.717) is 15.9 Å². The maximum atomic E-state index is 12.9. The van der Waals surface area contributed by atoms with Gasteiger partial charge in [0, 0.05) is 12.0 Å². The van der Waals surface area contributed by atoms with Crippen molar-refractivity contribution < 1.29 is 4.74 Å². The minimum atomic E-state index is -0.408. The van der Waals surface area contributed by atoms with Crippen molar-refractivity contribution in [3.63, 3.8) is 0 Å². The molecule has 1 atom stereocenters. The number of benzene rings is 2. The van der Waals surface area contributed by atoms with Gasteiger partial charge in [-0.15, -0.1) is 0 Å². The minimum Gasteiger partial charge on any atom is -0.485 e. The molecule has 0 radical (unpaired) electrons. The fraction of sp³-hybridized carbons (Fsp3) is 0.130. The molecule has 2 aromatic heterocycles. The quantitative estimate of drug-likeness (QED) is 0.514. The van der Waals surface area contributed by atoms with Crippen molar-refractivity contribution in [1.82, 2.24) is 14.6 Å². The van der Waals surface area contributed by atoms with Gasteiger partial charge >= 0.3 is 0 Å². The third kappa shape index (κ3) is 3.33. The molecule has 0 saturated carbocycles. The molecule has 0 unspecified atom stereocenters. The van der Waals surface area contributed by atoms with E-state index in [1.807, 2.05) is 67.6 Å². The van der Waals surface area contributed by atoms with Crippen LogP contribution in [0.4, 0.5) is 0 Å². The first-order chi connectivity index (χ1) is 14.6. The Bertz CT molecular complexity index is 1450. The number of aromatic nitrogens is 3. The van der Waals surface area contributed by atoms with E-state index in [4.69, 9.17) is 4.74 Å². The smallest absolute Gasteiger partial charge is 0.296 e. The zero-order chi connectivity index (χ0) is 20.7. The zero-order valence-electron chi connectivity index (χ0n) is 16.1. The molecule has 2 aromatic carbocycles. The third-order valence-corrected chi connectivity index (χ3v) is 5.94. The van der Waals surface area contributed by atoms with Gasteiger partial charge in [0.15, 0.2) is 0 Å². The van der Waals surface area contributed by atoms with Crippen LogP contribution in [-0.4, -0.2) is 20.7 Å². The summed E-state index contributed by atoms with van der Waals surface area (Å²) in [6.07, 6.45) is 3.94. The lowest BCUT2D eigenvalue weighted by molar-refractivity contribution is 0.259. The van der Waals surface area contributed by atoms with Crippen LogP contribution in [0, 0.1) is 0 Å². The van der Waals surface area contributed by atoms with E-state index in [-0.39, 0.29) is 17.4 Å². The van der Waals surface area contributed by atoms with Crippen LogP contribution in [0.3, 0.4) is 0 Å². The van der Waals surface area contributed by atoms with Crippen LogP contribution in [0.5, 0.6) is 5.75 Å². The molecule has 5 rings (SSSR count). The highest BCUT2D eigenvalue weighted by Gasteiger charge is 2.18. The fourth-order valence-electron chi connectivity index (χ4n) is 3.41. The van der Waals surface area contributed by atoms with Crippen molar-refractivity contribution in [3.8, 4) is 5.75 Å². The topological polar surface area (TPSA) is 73.6 Å². The van der Waals surface area contributed by atoms with E-state index >= 15 is 0 Å². The molecule has 4 aromatic rings. The summed E-state index contributed by atoms with van der Waals surface area (Å²) in [6, 6.07) is 17.3. The van der Waals surface area contributed by atoms with Gasteiger partial charge in [0.1, 0.15) is 17.5 Å². The Hall–Kier alpha value is -3.58. The standard InChI is InChI=1S/C23H17N3O3S/c1-14-17(12-16-9-5-6-10-19(16)29-14)13-20-22(28)26-23(30-20)24-21(27)18(25-26)11-15-7-3-2-4-8-15/h2-10,12-14H,11H2,1H3/b20-13+/t14-/m0/s1. The fourth-order valence-corrected chi connectivity index (χ4v) is 4.32. The van der Waals surface area contributed by atoms with E-state index in [0.717, 1.165) is 33.8 Å². The predicted molar refractivity (Wildman–Crippen MR) is 117 cm³/mol. The Morgan fingerprint density at radius 3 is 2.70 bits per heavy atom. The van der Waals surface area contributed by atoms with E-state index in [9.17, 15) is 9.59 Å². The molecule has 0 spiro atoms. The molecule has 1 aliphatic heterocycles. The van der Waals surface area contributed by atoms with Crippen LogP contribution in [0.15, 0.2) is 69.8 Å². The molecular formula is C23H17N3O3S.